The summed E-state index contributed by atoms with van der Waals surface area (Å²) in [4.78, 5) is 24.6. The zero-order valence-corrected chi connectivity index (χ0v) is 10.4. The highest BCUT2D eigenvalue weighted by Crippen LogP contribution is 2.37. The topological polar surface area (TPSA) is 75.1 Å². The number of halogens is 1. The molecule has 100 valence electrons. The van der Waals surface area contributed by atoms with Crippen LogP contribution >= 0.6 is 0 Å². The van der Waals surface area contributed by atoms with Crippen LogP contribution in [-0.2, 0) is 0 Å². The van der Waals surface area contributed by atoms with Gasteiger partial charge in [0.2, 0.25) is 11.7 Å². The summed E-state index contributed by atoms with van der Waals surface area (Å²) in [6.45, 7) is 4.10. The van der Waals surface area contributed by atoms with Gasteiger partial charge in [-0.3, -0.25) is 14.3 Å². The van der Waals surface area contributed by atoms with Crippen molar-refractivity contribution >= 4 is 0 Å². The number of aromatic nitrogens is 2. The van der Waals surface area contributed by atoms with Gasteiger partial charge in [0, 0.05) is 6.04 Å². The van der Waals surface area contributed by atoms with Crippen molar-refractivity contribution in [2.45, 2.75) is 39.2 Å². The summed E-state index contributed by atoms with van der Waals surface area (Å²) in [6.07, 6.45) is 2.53. The van der Waals surface area contributed by atoms with Crippen LogP contribution in [0.25, 0.3) is 0 Å². The minimum atomic E-state index is -1.29. The molecule has 0 aromatic carbocycles. The summed E-state index contributed by atoms with van der Waals surface area (Å²) in [7, 11) is 0. The van der Waals surface area contributed by atoms with E-state index in [1.54, 1.807) is 0 Å². The molecule has 1 aromatic rings. The van der Waals surface area contributed by atoms with Gasteiger partial charge in [-0.1, -0.05) is 13.8 Å². The molecule has 1 saturated carbocycles. The number of H-pyrrole nitrogens is 1. The molecule has 3 atom stereocenters. The quantitative estimate of drug-likeness (QED) is 0.797. The van der Waals surface area contributed by atoms with E-state index in [2.05, 4.69) is 6.92 Å². The molecule has 3 unspecified atom stereocenters. The van der Waals surface area contributed by atoms with E-state index in [1.165, 1.54) is 0 Å². The molecular formula is C12H17FN2O3. The van der Waals surface area contributed by atoms with E-state index in [9.17, 15) is 19.1 Å². The molecule has 0 saturated heterocycles. The van der Waals surface area contributed by atoms with Crippen LogP contribution in [0.15, 0.2) is 9.59 Å². The largest absolute Gasteiger partial charge is 0.492 e. The molecule has 2 rings (SSSR count). The van der Waals surface area contributed by atoms with Gasteiger partial charge in [-0.15, -0.1) is 0 Å². The lowest BCUT2D eigenvalue weighted by Gasteiger charge is -2.33. The summed E-state index contributed by atoms with van der Waals surface area (Å²) >= 11 is 0. The molecule has 0 radical (unpaired) electrons. The number of hydrogen-bond donors (Lipinski definition) is 2. The number of nitrogens with one attached hydrogen (secondary N) is 1. The third-order valence-corrected chi connectivity index (χ3v) is 3.78. The maximum atomic E-state index is 13.4. The van der Waals surface area contributed by atoms with Gasteiger partial charge in [0.15, 0.2) is 0 Å². The van der Waals surface area contributed by atoms with Crippen LogP contribution in [0, 0.1) is 17.7 Å². The Bertz CT molecular complexity index is 563. The summed E-state index contributed by atoms with van der Waals surface area (Å²) in [6, 6.07) is -0.264. The molecule has 5 nitrogen and oxygen atoms in total. The van der Waals surface area contributed by atoms with Gasteiger partial charge in [0.1, 0.15) is 0 Å². The van der Waals surface area contributed by atoms with Crippen molar-refractivity contribution in [3.8, 4) is 5.88 Å². The predicted molar refractivity (Wildman–Crippen MR) is 64.2 cm³/mol. The molecule has 1 aliphatic carbocycles. The first-order valence-corrected chi connectivity index (χ1v) is 6.15. The van der Waals surface area contributed by atoms with Crippen LogP contribution in [0.2, 0.25) is 0 Å². The first kappa shape index (κ1) is 12.9. The lowest BCUT2D eigenvalue weighted by Crippen LogP contribution is -2.38. The molecule has 0 aliphatic heterocycles. The third-order valence-electron chi connectivity index (χ3n) is 3.78. The normalized spacial score (nSPS) is 28.3. The molecule has 1 aliphatic rings. The SMILES string of the molecule is CC1CCC(n2c(O)c(F)c(=O)[nH]c2=O)C(C)C1. The highest BCUT2D eigenvalue weighted by atomic mass is 19.1. The van der Waals surface area contributed by atoms with Crippen LogP contribution in [0.3, 0.4) is 0 Å². The maximum absolute atomic E-state index is 13.4. The Hall–Kier alpha value is -1.59. The van der Waals surface area contributed by atoms with Gasteiger partial charge < -0.3 is 5.11 Å². The molecule has 1 heterocycles. The molecule has 2 N–H and O–H groups in total. The van der Waals surface area contributed by atoms with E-state index in [0.29, 0.717) is 12.3 Å². The Morgan fingerprint density at radius 2 is 2.00 bits per heavy atom. The van der Waals surface area contributed by atoms with E-state index in [-0.39, 0.29) is 12.0 Å². The summed E-state index contributed by atoms with van der Waals surface area (Å²) in [5.74, 6) is -1.43. The standard InChI is InChI=1S/C12H17FN2O3/c1-6-3-4-8(7(2)5-6)15-11(17)9(13)10(16)14-12(15)18/h6-8,17H,3-5H2,1-2H3,(H,14,16,18). The van der Waals surface area contributed by atoms with Crippen molar-refractivity contribution in [3.63, 3.8) is 0 Å². The summed E-state index contributed by atoms with van der Waals surface area (Å²) < 4.78 is 14.4. The summed E-state index contributed by atoms with van der Waals surface area (Å²) in [5.41, 5.74) is -1.92. The van der Waals surface area contributed by atoms with Crippen molar-refractivity contribution < 1.29 is 9.50 Å². The third kappa shape index (κ3) is 2.07. The van der Waals surface area contributed by atoms with Gasteiger partial charge in [0.05, 0.1) is 0 Å². The minimum Gasteiger partial charge on any atom is -0.492 e. The van der Waals surface area contributed by atoms with E-state index in [0.717, 1.165) is 17.4 Å². The first-order chi connectivity index (χ1) is 8.41. The average molecular weight is 256 g/mol. The van der Waals surface area contributed by atoms with Crippen molar-refractivity contribution in [1.29, 1.82) is 0 Å². The van der Waals surface area contributed by atoms with Crippen molar-refractivity contribution in [3.05, 3.63) is 26.7 Å². The zero-order valence-electron chi connectivity index (χ0n) is 10.4. The maximum Gasteiger partial charge on any atom is 0.331 e. The lowest BCUT2D eigenvalue weighted by atomic mass is 9.80. The van der Waals surface area contributed by atoms with Crippen molar-refractivity contribution in [2.24, 2.45) is 11.8 Å². The Labute approximate surface area is 103 Å². The Morgan fingerprint density at radius 3 is 2.61 bits per heavy atom. The fourth-order valence-corrected chi connectivity index (χ4v) is 2.86. The molecule has 1 aromatic heterocycles. The van der Waals surface area contributed by atoms with E-state index in [1.807, 2.05) is 11.9 Å². The molecule has 0 bridgehead atoms. The van der Waals surface area contributed by atoms with Crippen molar-refractivity contribution in [1.82, 2.24) is 9.55 Å². The molecule has 0 amide bonds. The molecular weight excluding hydrogens is 239 g/mol. The second-order valence-electron chi connectivity index (χ2n) is 5.23. The van der Waals surface area contributed by atoms with E-state index < -0.39 is 22.9 Å². The van der Waals surface area contributed by atoms with Gasteiger partial charge in [-0.25, -0.2) is 4.79 Å². The highest BCUT2D eigenvalue weighted by Gasteiger charge is 2.30. The Kier molecular flexibility index (Phi) is 3.28. The average Bonchev–Trinajstić information content (AvgIpc) is 2.29. The Balaban J connectivity index is 2.49. The van der Waals surface area contributed by atoms with Crippen LogP contribution in [-0.4, -0.2) is 14.7 Å². The monoisotopic (exact) mass is 256 g/mol. The van der Waals surface area contributed by atoms with Crippen LogP contribution in [0.4, 0.5) is 4.39 Å². The number of hydrogen-bond acceptors (Lipinski definition) is 3. The van der Waals surface area contributed by atoms with Gasteiger partial charge in [-0.05, 0) is 31.1 Å². The number of aromatic amines is 1. The smallest absolute Gasteiger partial charge is 0.331 e. The second-order valence-corrected chi connectivity index (χ2v) is 5.23. The summed E-state index contributed by atoms with van der Waals surface area (Å²) in [5, 5.41) is 9.66. The van der Waals surface area contributed by atoms with E-state index in [4.69, 9.17) is 0 Å². The highest BCUT2D eigenvalue weighted by molar-refractivity contribution is 5.11. The minimum absolute atomic E-state index is 0.155. The second kappa shape index (κ2) is 4.59. The van der Waals surface area contributed by atoms with Gasteiger partial charge in [0.25, 0.3) is 5.56 Å². The van der Waals surface area contributed by atoms with Crippen LogP contribution in [0.5, 0.6) is 5.88 Å². The molecule has 1 fully saturated rings. The van der Waals surface area contributed by atoms with E-state index >= 15 is 0 Å². The van der Waals surface area contributed by atoms with Gasteiger partial charge >= 0.3 is 5.69 Å². The number of rotatable bonds is 1. The molecule has 18 heavy (non-hydrogen) atoms. The van der Waals surface area contributed by atoms with Crippen LogP contribution < -0.4 is 11.2 Å². The fraction of sp³-hybridized carbons (Fsp3) is 0.667. The molecule has 0 spiro atoms. The Morgan fingerprint density at radius 1 is 1.33 bits per heavy atom. The first-order valence-electron chi connectivity index (χ1n) is 6.15. The predicted octanol–water partition coefficient (Wildman–Crippen LogP) is 1.38. The number of nitrogens with zero attached hydrogens (tertiary/aromatic N) is 1. The van der Waals surface area contributed by atoms with Crippen molar-refractivity contribution in [2.75, 3.05) is 0 Å². The zero-order chi connectivity index (χ0) is 13.4. The lowest BCUT2D eigenvalue weighted by molar-refractivity contribution is 0.184. The fourth-order valence-electron chi connectivity index (χ4n) is 2.86. The molecule has 6 heteroatoms. The number of aromatic hydroxyl groups is 1. The van der Waals surface area contributed by atoms with Gasteiger partial charge in [-0.2, -0.15) is 4.39 Å². The van der Waals surface area contributed by atoms with Crippen LogP contribution in [0.1, 0.15) is 39.2 Å².